The SMILES string of the molecule is CCCCCCCCCCCCCCOc1ccccc1NC(=O)C(c1nc2ccc([N+](=O)[O-])cc2c(=O)n1CCCCCCCCCCC)n1c(O)c(OCC)n(Cc2ccccc2)c1=O. The molecule has 364 valence electrons. The van der Waals surface area contributed by atoms with Crippen molar-refractivity contribution in [3.63, 3.8) is 0 Å². The number of non-ortho nitro benzene ring substituents is 1. The van der Waals surface area contributed by atoms with Gasteiger partial charge in [0.2, 0.25) is 0 Å². The zero-order chi connectivity index (χ0) is 47.8. The van der Waals surface area contributed by atoms with Gasteiger partial charge in [0.25, 0.3) is 28.9 Å². The third kappa shape index (κ3) is 15.3. The first-order valence-electron chi connectivity index (χ1n) is 25.1. The molecule has 0 bridgehead atoms. The molecule has 3 aromatic carbocycles. The summed E-state index contributed by atoms with van der Waals surface area (Å²) in [5.41, 5.74) is -0.476. The van der Waals surface area contributed by atoms with Crippen LogP contribution in [0.4, 0.5) is 11.4 Å². The highest BCUT2D eigenvalue weighted by Crippen LogP contribution is 2.34. The summed E-state index contributed by atoms with van der Waals surface area (Å²) < 4.78 is 15.7. The molecule has 1 unspecified atom stereocenters. The summed E-state index contributed by atoms with van der Waals surface area (Å²) in [5, 5.41) is 26.9. The summed E-state index contributed by atoms with van der Waals surface area (Å²) in [7, 11) is 0. The maximum absolute atomic E-state index is 15.1. The van der Waals surface area contributed by atoms with Gasteiger partial charge in [-0.1, -0.05) is 178 Å². The summed E-state index contributed by atoms with van der Waals surface area (Å²) >= 11 is 0. The second kappa shape index (κ2) is 28.3. The number of amides is 1. The number of nitrogens with zero attached hydrogens (tertiary/aromatic N) is 5. The van der Waals surface area contributed by atoms with E-state index >= 15 is 4.79 Å². The third-order valence-electron chi connectivity index (χ3n) is 12.4. The number of nitrogens with one attached hydrogen (secondary N) is 1. The van der Waals surface area contributed by atoms with Crippen LogP contribution in [0.2, 0.25) is 0 Å². The largest absolute Gasteiger partial charge is 0.491 e. The number of carbonyl (C=O) groups excluding carboxylic acids is 1. The van der Waals surface area contributed by atoms with Crippen molar-refractivity contribution in [2.75, 3.05) is 18.5 Å². The molecule has 0 aliphatic heterocycles. The van der Waals surface area contributed by atoms with Crippen LogP contribution < -0.4 is 26.0 Å². The maximum Gasteiger partial charge on any atom is 0.335 e. The standard InChI is InChI=1S/C53H74N6O8/c1-4-7-9-11-13-15-16-17-19-21-23-30-38-67-46-34-28-27-33-45(46)55-49(60)47(58-51(62)52(66-6-3)57(53(58)63)40-41-31-25-24-26-32-41)48-54-44-36-35-42(59(64)65)39-43(44)50(61)56(48)37-29-22-20-18-14-12-10-8-5-2/h24-28,31-36,39,47,62H,4-23,29-30,37-38,40H2,1-3H3,(H,55,60). The number of anilines is 1. The molecule has 2 N–H and O–H groups in total. The Morgan fingerprint density at radius 2 is 1.28 bits per heavy atom. The van der Waals surface area contributed by atoms with Gasteiger partial charge >= 0.3 is 5.69 Å². The number of rotatable bonds is 33. The molecule has 14 nitrogen and oxygen atoms in total. The Bertz CT molecular complexity index is 2410. The first-order chi connectivity index (χ1) is 32.7. The molecule has 0 saturated heterocycles. The molecule has 5 rings (SSSR count). The number of nitro groups is 1. The van der Waals surface area contributed by atoms with Crippen LogP contribution in [0.5, 0.6) is 17.5 Å². The first kappa shape index (κ1) is 52.1. The number of hydrogen-bond donors (Lipinski definition) is 2. The maximum atomic E-state index is 15.1. The molecule has 0 aliphatic rings. The van der Waals surface area contributed by atoms with E-state index in [0.29, 0.717) is 24.5 Å². The zero-order valence-electron chi connectivity index (χ0n) is 40.2. The normalized spacial score (nSPS) is 11.8. The van der Waals surface area contributed by atoms with Crippen molar-refractivity contribution < 1.29 is 24.3 Å². The van der Waals surface area contributed by atoms with Crippen LogP contribution in [-0.2, 0) is 17.9 Å². The molecular formula is C53H74N6O8. The number of para-hydroxylation sites is 2. The third-order valence-corrected chi connectivity index (χ3v) is 12.4. The van der Waals surface area contributed by atoms with Gasteiger partial charge in [0.05, 0.1) is 41.3 Å². The van der Waals surface area contributed by atoms with E-state index in [2.05, 4.69) is 19.2 Å². The molecule has 1 amide bonds. The lowest BCUT2D eigenvalue weighted by atomic mass is 10.1. The Kier molecular flexibility index (Phi) is 22.0. The van der Waals surface area contributed by atoms with Gasteiger partial charge < -0.3 is 19.9 Å². The van der Waals surface area contributed by atoms with Crippen molar-refractivity contribution in [3.8, 4) is 17.5 Å². The number of aromatic hydroxyl groups is 1. The molecule has 0 spiro atoms. The predicted octanol–water partition coefficient (Wildman–Crippen LogP) is 12.3. The van der Waals surface area contributed by atoms with E-state index in [4.69, 9.17) is 14.5 Å². The Hall–Kier alpha value is -5.92. The quantitative estimate of drug-likeness (QED) is 0.0236. The Morgan fingerprint density at radius 1 is 0.716 bits per heavy atom. The van der Waals surface area contributed by atoms with Crippen LogP contribution in [0, 0.1) is 10.1 Å². The van der Waals surface area contributed by atoms with Crippen molar-refractivity contribution >= 4 is 28.2 Å². The molecule has 0 aliphatic carbocycles. The Morgan fingerprint density at radius 3 is 1.88 bits per heavy atom. The summed E-state index contributed by atoms with van der Waals surface area (Å²) in [4.78, 5) is 60.7. The van der Waals surface area contributed by atoms with Crippen LogP contribution in [-0.4, -0.2) is 47.8 Å². The van der Waals surface area contributed by atoms with Crippen molar-refractivity contribution in [2.24, 2.45) is 0 Å². The fraction of sp³-hybridized carbons (Fsp3) is 0.547. The Labute approximate surface area is 395 Å². The van der Waals surface area contributed by atoms with Gasteiger partial charge in [0, 0.05) is 18.7 Å². The number of nitro benzene ring substituents is 1. The van der Waals surface area contributed by atoms with E-state index in [-0.39, 0.29) is 48.0 Å². The lowest BCUT2D eigenvalue weighted by Gasteiger charge is -2.23. The molecule has 0 radical (unpaired) electrons. The van der Waals surface area contributed by atoms with Crippen molar-refractivity contribution in [2.45, 2.75) is 175 Å². The second-order valence-corrected chi connectivity index (χ2v) is 17.6. The van der Waals surface area contributed by atoms with Gasteiger partial charge in [-0.05, 0) is 43.5 Å². The van der Waals surface area contributed by atoms with Gasteiger partial charge in [-0.15, -0.1) is 0 Å². The smallest absolute Gasteiger partial charge is 0.335 e. The number of aromatic nitrogens is 4. The number of carbonyl (C=O) groups is 1. The average Bonchev–Trinajstić information content (AvgIpc) is 3.55. The van der Waals surface area contributed by atoms with Crippen LogP contribution in [0.3, 0.4) is 0 Å². The van der Waals surface area contributed by atoms with Gasteiger partial charge in [-0.2, -0.15) is 0 Å². The van der Waals surface area contributed by atoms with Crippen molar-refractivity contribution in [1.82, 2.24) is 18.7 Å². The molecule has 2 aromatic heterocycles. The van der Waals surface area contributed by atoms with E-state index in [1.807, 2.05) is 36.4 Å². The lowest BCUT2D eigenvalue weighted by molar-refractivity contribution is -0.384. The van der Waals surface area contributed by atoms with Gasteiger partial charge in [0.1, 0.15) is 11.6 Å². The summed E-state index contributed by atoms with van der Waals surface area (Å²) in [6, 6.07) is 18.3. The fourth-order valence-corrected chi connectivity index (χ4v) is 8.67. The van der Waals surface area contributed by atoms with E-state index in [9.17, 15) is 24.8 Å². The minimum Gasteiger partial charge on any atom is -0.491 e. The van der Waals surface area contributed by atoms with Crippen LogP contribution >= 0.6 is 0 Å². The predicted molar refractivity (Wildman–Crippen MR) is 267 cm³/mol. The fourth-order valence-electron chi connectivity index (χ4n) is 8.67. The number of unbranched alkanes of at least 4 members (excludes halogenated alkanes) is 19. The summed E-state index contributed by atoms with van der Waals surface area (Å²) in [6.07, 6.45) is 23.7. The second-order valence-electron chi connectivity index (χ2n) is 17.6. The highest BCUT2D eigenvalue weighted by Gasteiger charge is 2.36. The zero-order valence-corrected chi connectivity index (χ0v) is 40.2. The van der Waals surface area contributed by atoms with Gasteiger partial charge in [-0.25, -0.2) is 14.3 Å². The number of fused-ring (bicyclic) bond motifs is 1. The summed E-state index contributed by atoms with van der Waals surface area (Å²) in [6.45, 7) is 6.81. The monoisotopic (exact) mass is 923 g/mol. The highest BCUT2D eigenvalue weighted by molar-refractivity contribution is 5.97. The lowest BCUT2D eigenvalue weighted by Crippen LogP contribution is -2.39. The molecule has 67 heavy (non-hydrogen) atoms. The molecule has 14 heteroatoms. The Balaban J connectivity index is 1.47. The van der Waals surface area contributed by atoms with E-state index < -0.39 is 34.0 Å². The van der Waals surface area contributed by atoms with Gasteiger partial charge in [0.15, 0.2) is 6.04 Å². The molecular weight excluding hydrogens is 849 g/mol. The van der Waals surface area contributed by atoms with E-state index in [1.54, 1.807) is 25.1 Å². The highest BCUT2D eigenvalue weighted by atomic mass is 16.6. The minimum absolute atomic E-state index is 0.00203. The molecule has 2 heterocycles. The van der Waals surface area contributed by atoms with Crippen LogP contribution in [0.1, 0.15) is 173 Å². The van der Waals surface area contributed by atoms with Crippen LogP contribution in [0.25, 0.3) is 10.9 Å². The molecule has 5 aromatic rings. The van der Waals surface area contributed by atoms with Gasteiger partial charge in [-0.3, -0.25) is 28.8 Å². The van der Waals surface area contributed by atoms with E-state index in [0.717, 1.165) is 55.1 Å². The van der Waals surface area contributed by atoms with Crippen molar-refractivity contribution in [3.05, 3.63) is 115 Å². The number of imidazole rings is 1. The molecule has 1 atom stereocenters. The number of benzene rings is 3. The first-order valence-corrected chi connectivity index (χ1v) is 25.1. The topological polar surface area (TPSA) is 173 Å². The number of ether oxygens (including phenoxy) is 2. The molecule has 0 saturated carbocycles. The van der Waals surface area contributed by atoms with E-state index in [1.165, 1.54) is 111 Å². The van der Waals surface area contributed by atoms with Crippen molar-refractivity contribution in [1.29, 1.82) is 0 Å². The average molecular weight is 923 g/mol. The molecule has 0 fully saturated rings. The van der Waals surface area contributed by atoms with Crippen LogP contribution in [0.15, 0.2) is 82.4 Å². The minimum atomic E-state index is -1.71. The summed E-state index contributed by atoms with van der Waals surface area (Å²) in [5.74, 6) is -1.23. The number of hydrogen-bond acceptors (Lipinski definition) is 9.